The standard InChI is InChI=1S/C17H24N4O/c22-12-14-6-5-11-21(14)10-4-3-9-18-17-15-7-1-2-8-16(15)19-13-20-17/h1-2,7-8,13-14,22H,3-6,9-12H2,(H,18,19,20)/t14-/m1/s1. The van der Waals surface area contributed by atoms with Crippen molar-refractivity contribution >= 4 is 16.7 Å². The summed E-state index contributed by atoms with van der Waals surface area (Å²) in [5.41, 5.74) is 0.975. The average Bonchev–Trinajstić information content (AvgIpc) is 3.02. The van der Waals surface area contributed by atoms with E-state index in [1.54, 1.807) is 6.33 Å². The maximum atomic E-state index is 9.32. The van der Waals surface area contributed by atoms with Crippen LogP contribution in [0.25, 0.3) is 10.9 Å². The molecule has 1 fully saturated rings. The quantitative estimate of drug-likeness (QED) is 0.768. The number of aromatic nitrogens is 2. The SMILES string of the molecule is OC[C@H]1CCCN1CCCCNc1ncnc2ccccc12. The number of nitrogens with zero attached hydrogens (tertiary/aromatic N) is 3. The number of likely N-dealkylation sites (tertiary alicyclic amines) is 1. The van der Waals surface area contributed by atoms with Crippen molar-refractivity contribution in [1.82, 2.24) is 14.9 Å². The number of unbranched alkanes of at least 4 members (excludes halogenated alkanes) is 1. The molecular weight excluding hydrogens is 276 g/mol. The fourth-order valence-corrected chi connectivity index (χ4v) is 3.19. The van der Waals surface area contributed by atoms with Gasteiger partial charge in [-0.3, -0.25) is 4.90 Å². The Hall–Kier alpha value is -1.72. The van der Waals surface area contributed by atoms with Gasteiger partial charge in [-0.25, -0.2) is 9.97 Å². The molecule has 118 valence electrons. The lowest BCUT2D eigenvalue weighted by molar-refractivity contribution is 0.157. The van der Waals surface area contributed by atoms with E-state index in [9.17, 15) is 5.11 Å². The van der Waals surface area contributed by atoms with Gasteiger partial charge in [-0.1, -0.05) is 12.1 Å². The molecule has 0 unspecified atom stereocenters. The van der Waals surface area contributed by atoms with E-state index >= 15 is 0 Å². The molecule has 0 radical (unpaired) electrons. The zero-order valence-electron chi connectivity index (χ0n) is 12.9. The summed E-state index contributed by atoms with van der Waals surface area (Å²) in [5, 5.41) is 13.8. The Balaban J connectivity index is 1.45. The van der Waals surface area contributed by atoms with Gasteiger partial charge in [-0.2, -0.15) is 0 Å². The molecule has 1 aliphatic heterocycles. The Bertz CT molecular complexity index is 599. The number of benzene rings is 1. The van der Waals surface area contributed by atoms with E-state index in [0.29, 0.717) is 12.6 Å². The van der Waals surface area contributed by atoms with Gasteiger partial charge in [-0.05, 0) is 50.9 Å². The summed E-state index contributed by atoms with van der Waals surface area (Å²) >= 11 is 0. The van der Waals surface area contributed by atoms with E-state index in [2.05, 4.69) is 20.2 Å². The zero-order valence-corrected chi connectivity index (χ0v) is 12.9. The third kappa shape index (κ3) is 3.54. The third-order valence-corrected chi connectivity index (χ3v) is 4.42. The first-order chi connectivity index (χ1) is 10.9. The minimum absolute atomic E-state index is 0.297. The molecule has 22 heavy (non-hydrogen) atoms. The Labute approximate surface area is 131 Å². The molecule has 2 heterocycles. The zero-order chi connectivity index (χ0) is 15.2. The lowest BCUT2D eigenvalue weighted by atomic mass is 10.2. The summed E-state index contributed by atoms with van der Waals surface area (Å²) in [6.07, 6.45) is 6.22. The number of anilines is 1. The van der Waals surface area contributed by atoms with Crippen molar-refractivity contribution in [3.63, 3.8) is 0 Å². The Morgan fingerprint density at radius 3 is 3.05 bits per heavy atom. The molecule has 1 atom stereocenters. The fraction of sp³-hybridized carbons (Fsp3) is 0.529. The van der Waals surface area contributed by atoms with Crippen molar-refractivity contribution in [3.8, 4) is 0 Å². The first-order valence-electron chi connectivity index (χ1n) is 8.17. The number of fused-ring (bicyclic) bond motifs is 1. The first-order valence-corrected chi connectivity index (χ1v) is 8.17. The van der Waals surface area contributed by atoms with E-state index in [0.717, 1.165) is 55.6 Å². The van der Waals surface area contributed by atoms with Gasteiger partial charge in [0.25, 0.3) is 0 Å². The molecule has 2 N–H and O–H groups in total. The molecule has 1 aromatic heterocycles. The summed E-state index contributed by atoms with van der Waals surface area (Å²) < 4.78 is 0. The van der Waals surface area contributed by atoms with Gasteiger partial charge in [0.1, 0.15) is 12.1 Å². The Morgan fingerprint density at radius 2 is 2.14 bits per heavy atom. The van der Waals surface area contributed by atoms with Crippen LogP contribution in [0.15, 0.2) is 30.6 Å². The van der Waals surface area contributed by atoms with Crippen molar-refractivity contribution in [3.05, 3.63) is 30.6 Å². The number of para-hydroxylation sites is 1. The largest absolute Gasteiger partial charge is 0.395 e. The summed E-state index contributed by atoms with van der Waals surface area (Å²) in [7, 11) is 0. The molecule has 0 bridgehead atoms. The summed E-state index contributed by atoms with van der Waals surface area (Å²) in [5.74, 6) is 0.917. The Morgan fingerprint density at radius 1 is 1.23 bits per heavy atom. The molecule has 1 saturated heterocycles. The molecule has 5 heteroatoms. The predicted molar refractivity (Wildman–Crippen MR) is 88.9 cm³/mol. The topological polar surface area (TPSA) is 61.3 Å². The van der Waals surface area contributed by atoms with Crippen molar-refractivity contribution < 1.29 is 5.11 Å². The summed E-state index contributed by atoms with van der Waals surface area (Å²) in [4.78, 5) is 11.0. The molecule has 0 spiro atoms. The van der Waals surface area contributed by atoms with E-state index in [-0.39, 0.29) is 0 Å². The maximum Gasteiger partial charge on any atom is 0.137 e. The van der Waals surface area contributed by atoms with Gasteiger partial charge in [0.2, 0.25) is 0 Å². The first kappa shape index (κ1) is 15.2. The molecule has 5 nitrogen and oxygen atoms in total. The molecule has 0 amide bonds. The molecule has 2 aromatic rings. The maximum absolute atomic E-state index is 9.32. The van der Waals surface area contributed by atoms with Crippen LogP contribution < -0.4 is 5.32 Å². The minimum Gasteiger partial charge on any atom is -0.395 e. The van der Waals surface area contributed by atoms with Crippen LogP contribution in [0, 0.1) is 0 Å². The van der Waals surface area contributed by atoms with E-state index in [1.165, 1.54) is 6.42 Å². The van der Waals surface area contributed by atoms with E-state index in [1.807, 2.05) is 24.3 Å². The molecule has 1 aromatic carbocycles. The third-order valence-electron chi connectivity index (χ3n) is 4.42. The Kier molecular flexibility index (Phi) is 5.19. The molecule has 1 aliphatic rings. The fourth-order valence-electron chi connectivity index (χ4n) is 3.19. The lowest BCUT2D eigenvalue weighted by Gasteiger charge is -2.22. The smallest absolute Gasteiger partial charge is 0.137 e. The highest BCUT2D eigenvalue weighted by Gasteiger charge is 2.22. The van der Waals surface area contributed by atoms with Crippen LogP contribution in [-0.4, -0.2) is 52.3 Å². The van der Waals surface area contributed by atoms with Gasteiger partial charge in [-0.15, -0.1) is 0 Å². The van der Waals surface area contributed by atoms with Gasteiger partial charge in [0, 0.05) is 18.0 Å². The van der Waals surface area contributed by atoms with Crippen LogP contribution >= 0.6 is 0 Å². The van der Waals surface area contributed by atoms with E-state index in [4.69, 9.17) is 0 Å². The minimum atomic E-state index is 0.297. The molecule has 0 aliphatic carbocycles. The van der Waals surface area contributed by atoms with Crippen LogP contribution in [0.2, 0.25) is 0 Å². The van der Waals surface area contributed by atoms with Crippen molar-refractivity contribution in [2.24, 2.45) is 0 Å². The van der Waals surface area contributed by atoms with Crippen LogP contribution in [0.1, 0.15) is 25.7 Å². The molecular formula is C17H24N4O. The van der Waals surface area contributed by atoms with E-state index < -0.39 is 0 Å². The van der Waals surface area contributed by atoms with Gasteiger partial charge in [0.15, 0.2) is 0 Å². The van der Waals surface area contributed by atoms with Gasteiger partial charge >= 0.3 is 0 Å². The number of hydrogen-bond donors (Lipinski definition) is 2. The van der Waals surface area contributed by atoms with Crippen molar-refractivity contribution in [1.29, 1.82) is 0 Å². The number of hydrogen-bond acceptors (Lipinski definition) is 5. The van der Waals surface area contributed by atoms with Gasteiger partial charge in [0.05, 0.1) is 12.1 Å². The number of rotatable bonds is 7. The highest BCUT2D eigenvalue weighted by atomic mass is 16.3. The second kappa shape index (κ2) is 7.51. The highest BCUT2D eigenvalue weighted by molar-refractivity contribution is 5.88. The van der Waals surface area contributed by atoms with Crippen molar-refractivity contribution in [2.45, 2.75) is 31.7 Å². The van der Waals surface area contributed by atoms with Gasteiger partial charge < -0.3 is 10.4 Å². The summed E-state index contributed by atoms with van der Waals surface area (Å²) in [6.45, 7) is 3.43. The number of aliphatic hydroxyl groups excluding tert-OH is 1. The second-order valence-corrected chi connectivity index (χ2v) is 5.89. The number of aliphatic hydroxyl groups is 1. The number of nitrogens with one attached hydrogen (secondary N) is 1. The predicted octanol–water partition coefficient (Wildman–Crippen LogP) is 2.28. The molecule has 3 rings (SSSR count). The normalized spacial score (nSPS) is 18.9. The highest BCUT2D eigenvalue weighted by Crippen LogP contribution is 2.19. The molecule has 0 saturated carbocycles. The van der Waals surface area contributed by atoms with Crippen LogP contribution in [0.4, 0.5) is 5.82 Å². The van der Waals surface area contributed by atoms with Crippen LogP contribution in [-0.2, 0) is 0 Å². The monoisotopic (exact) mass is 300 g/mol. The van der Waals surface area contributed by atoms with Crippen molar-refractivity contribution in [2.75, 3.05) is 31.6 Å². The summed E-state index contributed by atoms with van der Waals surface area (Å²) in [6, 6.07) is 8.45. The lowest BCUT2D eigenvalue weighted by Crippen LogP contribution is -2.33. The van der Waals surface area contributed by atoms with Crippen LogP contribution in [0.5, 0.6) is 0 Å². The average molecular weight is 300 g/mol. The van der Waals surface area contributed by atoms with Crippen LogP contribution in [0.3, 0.4) is 0 Å². The second-order valence-electron chi connectivity index (χ2n) is 5.89.